The fourth-order valence-electron chi connectivity index (χ4n) is 2.07. The lowest BCUT2D eigenvalue weighted by Gasteiger charge is -2.02. The van der Waals surface area contributed by atoms with E-state index in [0.29, 0.717) is 5.82 Å². The lowest BCUT2D eigenvalue weighted by atomic mass is 10.1. The second-order valence-electron chi connectivity index (χ2n) is 4.34. The lowest BCUT2D eigenvalue weighted by Crippen LogP contribution is -1.97. The zero-order valence-corrected chi connectivity index (χ0v) is 11.6. The lowest BCUT2D eigenvalue weighted by molar-refractivity contribution is 0.783. The Labute approximate surface area is 115 Å². The standard InChI is InChI=1S/C14H14N4S/c1-9-16-8-11(19-9)13-12(14(15)18(2)17-13)10-6-4-3-5-7-10/h3-8H,15H2,1-2H3. The first-order chi connectivity index (χ1) is 9.16. The van der Waals surface area contributed by atoms with Gasteiger partial charge in [-0.05, 0) is 12.5 Å². The Kier molecular flexibility index (Phi) is 2.83. The van der Waals surface area contributed by atoms with E-state index in [4.69, 9.17) is 5.73 Å². The van der Waals surface area contributed by atoms with Crippen LogP contribution in [0.5, 0.6) is 0 Å². The SMILES string of the molecule is Cc1ncc(-c2nn(C)c(N)c2-c2ccccc2)s1. The first-order valence-electron chi connectivity index (χ1n) is 5.97. The molecule has 0 saturated heterocycles. The van der Waals surface area contributed by atoms with Crippen LogP contribution in [0.2, 0.25) is 0 Å². The molecule has 2 N–H and O–H groups in total. The van der Waals surface area contributed by atoms with Crippen molar-refractivity contribution in [2.75, 3.05) is 5.73 Å². The maximum Gasteiger partial charge on any atom is 0.129 e. The van der Waals surface area contributed by atoms with Gasteiger partial charge in [0.2, 0.25) is 0 Å². The third-order valence-electron chi connectivity index (χ3n) is 3.01. The van der Waals surface area contributed by atoms with Gasteiger partial charge >= 0.3 is 0 Å². The van der Waals surface area contributed by atoms with Crippen LogP contribution >= 0.6 is 11.3 Å². The molecular formula is C14H14N4S. The van der Waals surface area contributed by atoms with Crippen molar-refractivity contribution in [3.63, 3.8) is 0 Å². The minimum absolute atomic E-state index is 0.673. The molecule has 0 atom stereocenters. The highest BCUT2D eigenvalue weighted by atomic mass is 32.1. The maximum absolute atomic E-state index is 6.16. The van der Waals surface area contributed by atoms with Gasteiger partial charge in [-0.25, -0.2) is 4.98 Å². The second-order valence-corrected chi connectivity index (χ2v) is 5.58. The Hall–Kier alpha value is -2.14. The van der Waals surface area contributed by atoms with E-state index in [1.807, 2.05) is 50.5 Å². The average Bonchev–Trinajstić information content (AvgIpc) is 2.96. The van der Waals surface area contributed by atoms with E-state index < -0.39 is 0 Å². The Bertz CT molecular complexity index is 712. The molecule has 0 amide bonds. The fourth-order valence-corrected chi connectivity index (χ4v) is 2.84. The molecule has 4 nitrogen and oxygen atoms in total. The minimum atomic E-state index is 0.673. The van der Waals surface area contributed by atoms with Gasteiger partial charge in [0.1, 0.15) is 11.5 Å². The molecule has 1 aromatic carbocycles. The molecule has 0 aliphatic heterocycles. The molecule has 96 valence electrons. The second kappa shape index (κ2) is 4.51. The zero-order valence-electron chi connectivity index (χ0n) is 10.8. The summed E-state index contributed by atoms with van der Waals surface area (Å²) in [6.45, 7) is 1.99. The highest BCUT2D eigenvalue weighted by molar-refractivity contribution is 7.15. The molecular weight excluding hydrogens is 256 g/mol. The molecule has 0 spiro atoms. The molecule has 3 rings (SSSR count). The van der Waals surface area contributed by atoms with Crippen molar-refractivity contribution in [3.05, 3.63) is 41.5 Å². The van der Waals surface area contributed by atoms with Gasteiger partial charge in [-0.1, -0.05) is 30.3 Å². The number of benzene rings is 1. The zero-order chi connectivity index (χ0) is 13.4. The van der Waals surface area contributed by atoms with Crippen molar-refractivity contribution < 1.29 is 0 Å². The Morgan fingerprint density at radius 3 is 2.58 bits per heavy atom. The van der Waals surface area contributed by atoms with Gasteiger partial charge in [-0.3, -0.25) is 4.68 Å². The van der Waals surface area contributed by atoms with Gasteiger partial charge in [0.05, 0.1) is 15.4 Å². The number of hydrogen-bond donors (Lipinski definition) is 1. The third kappa shape index (κ3) is 2.02. The van der Waals surface area contributed by atoms with Gasteiger partial charge in [-0.15, -0.1) is 11.3 Å². The summed E-state index contributed by atoms with van der Waals surface area (Å²) in [6, 6.07) is 10.1. The summed E-state index contributed by atoms with van der Waals surface area (Å²) in [6.07, 6.45) is 1.86. The number of rotatable bonds is 2. The summed E-state index contributed by atoms with van der Waals surface area (Å²) in [5, 5.41) is 5.56. The van der Waals surface area contributed by atoms with Gasteiger partial charge in [0.15, 0.2) is 0 Å². The van der Waals surface area contributed by atoms with Crippen LogP contribution in [0, 0.1) is 6.92 Å². The van der Waals surface area contributed by atoms with E-state index in [2.05, 4.69) is 10.1 Å². The van der Waals surface area contributed by atoms with Crippen molar-refractivity contribution in [2.24, 2.45) is 7.05 Å². The summed E-state index contributed by atoms with van der Waals surface area (Å²) in [5.41, 5.74) is 9.12. The first-order valence-corrected chi connectivity index (χ1v) is 6.79. The number of aryl methyl sites for hydroxylation is 2. The Morgan fingerprint density at radius 1 is 1.21 bits per heavy atom. The van der Waals surface area contributed by atoms with Crippen LogP contribution in [0.4, 0.5) is 5.82 Å². The summed E-state index contributed by atoms with van der Waals surface area (Å²) < 4.78 is 1.72. The molecule has 19 heavy (non-hydrogen) atoms. The summed E-state index contributed by atoms with van der Waals surface area (Å²) in [5.74, 6) is 0.673. The maximum atomic E-state index is 6.16. The molecule has 0 fully saturated rings. The molecule has 0 aliphatic carbocycles. The molecule has 0 aliphatic rings. The summed E-state index contributed by atoms with van der Waals surface area (Å²) in [7, 11) is 1.86. The van der Waals surface area contributed by atoms with Gasteiger partial charge < -0.3 is 5.73 Å². The topological polar surface area (TPSA) is 56.7 Å². The van der Waals surface area contributed by atoms with E-state index in [9.17, 15) is 0 Å². The van der Waals surface area contributed by atoms with Gasteiger partial charge in [-0.2, -0.15) is 5.10 Å². The average molecular weight is 270 g/mol. The Balaban J connectivity index is 2.24. The van der Waals surface area contributed by atoms with Crippen molar-refractivity contribution in [1.29, 1.82) is 0 Å². The first kappa shape index (κ1) is 11.9. The van der Waals surface area contributed by atoms with Crippen molar-refractivity contribution >= 4 is 17.2 Å². The quantitative estimate of drug-likeness (QED) is 0.778. The minimum Gasteiger partial charge on any atom is -0.383 e. The predicted molar refractivity (Wildman–Crippen MR) is 78.9 cm³/mol. The number of aromatic nitrogens is 3. The molecule has 0 bridgehead atoms. The number of nitrogens with two attached hydrogens (primary N) is 1. The van der Waals surface area contributed by atoms with Crippen molar-refractivity contribution in [1.82, 2.24) is 14.8 Å². The number of thiazole rings is 1. The van der Waals surface area contributed by atoms with Crippen LogP contribution in [0.15, 0.2) is 36.5 Å². The normalized spacial score (nSPS) is 10.8. The fraction of sp³-hybridized carbons (Fsp3) is 0.143. The van der Waals surface area contributed by atoms with Crippen molar-refractivity contribution in [2.45, 2.75) is 6.92 Å². The van der Waals surface area contributed by atoms with Crippen LogP contribution < -0.4 is 5.73 Å². The smallest absolute Gasteiger partial charge is 0.129 e. The van der Waals surface area contributed by atoms with Crippen LogP contribution in [-0.4, -0.2) is 14.8 Å². The third-order valence-corrected chi connectivity index (χ3v) is 3.93. The van der Waals surface area contributed by atoms with E-state index in [1.165, 1.54) is 0 Å². The van der Waals surface area contributed by atoms with Gasteiger partial charge in [0, 0.05) is 13.2 Å². The Morgan fingerprint density at radius 2 is 1.95 bits per heavy atom. The van der Waals surface area contributed by atoms with E-state index in [-0.39, 0.29) is 0 Å². The molecule has 2 heterocycles. The highest BCUT2D eigenvalue weighted by Gasteiger charge is 2.18. The molecule has 2 aromatic heterocycles. The monoisotopic (exact) mass is 270 g/mol. The summed E-state index contributed by atoms with van der Waals surface area (Å²) >= 11 is 1.63. The molecule has 0 radical (unpaired) electrons. The number of nitrogens with zero attached hydrogens (tertiary/aromatic N) is 3. The highest BCUT2D eigenvalue weighted by Crippen LogP contribution is 2.37. The van der Waals surface area contributed by atoms with Crippen LogP contribution in [0.25, 0.3) is 21.7 Å². The number of anilines is 1. The number of hydrogen-bond acceptors (Lipinski definition) is 4. The molecule has 3 aromatic rings. The largest absolute Gasteiger partial charge is 0.383 e. The van der Waals surface area contributed by atoms with Crippen molar-refractivity contribution in [3.8, 4) is 21.7 Å². The number of nitrogen functional groups attached to an aromatic ring is 1. The van der Waals surface area contributed by atoms with E-state index >= 15 is 0 Å². The van der Waals surface area contributed by atoms with Crippen LogP contribution in [-0.2, 0) is 7.05 Å². The predicted octanol–water partition coefficient (Wildman–Crippen LogP) is 3.10. The van der Waals surface area contributed by atoms with E-state index in [0.717, 1.165) is 26.7 Å². The summed E-state index contributed by atoms with van der Waals surface area (Å²) in [4.78, 5) is 5.34. The van der Waals surface area contributed by atoms with Gasteiger partial charge in [0.25, 0.3) is 0 Å². The van der Waals surface area contributed by atoms with Crippen LogP contribution in [0.1, 0.15) is 5.01 Å². The molecule has 5 heteroatoms. The van der Waals surface area contributed by atoms with Crippen LogP contribution in [0.3, 0.4) is 0 Å². The molecule has 0 saturated carbocycles. The van der Waals surface area contributed by atoms with E-state index in [1.54, 1.807) is 16.0 Å². The molecule has 0 unspecified atom stereocenters.